The van der Waals surface area contributed by atoms with Gasteiger partial charge in [-0.3, -0.25) is 0 Å². The zero-order valence-electron chi connectivity index (χ0n) is 10.9. The first kappa shape index (κ1) is 15.5. The van der Waals surface area contributed by atoms with Gasteiger partial charge >= 0.3 is 5.97 Å². The Hall–Kier alpha value is -1.54. The zero-order chi connectivity index (χ0) is 13.9. The SMILES string of the molecule is CCOCCOC(=O)/C(C#N)=C\NC[C]1[CH][CH][CH][CH]1. The number of nitriles is 1. The molecule has 1 rings (SSSR count). The number of nitrogens with one attached hydrogen (secondary N) is 1. The second-order valence-electron chi connectivity index (χ2n) is 3.68. The molecule has 0 atom stereocenters. The van der Waals surface area contributed by atoms with Crippen molar-refractivity contribution in [1.29, 1.82) is 5.26 Å². The smallest absolute Gasteiger partial charge is 0.350 e. The summed E-state index contributed by atoms with van der Waals surface area (Å²) in [6.07, 6.45) is 9.12. The normalized spacial score (nSPS) is 16.1. The van der Waals surface area contributed by atoms with Gasteiger partial charge in [0.2, 0.25) is 0 Å². The summed E-state index contributed by atoms with van der Waals surface area (Å²) in [4.78, 5) is 11.5. The van der Waals surface area contributed by atoms with Gasteiger partial charge < -0.3 is 14.8 Å². The Balaban J connectivity index is 2.25. The summed E-state index contributed by atoms with van der Waals surface area (Å²) in [5.41, 5.74) is -0.0527. The Morgan fingerprint density at radius 1 is 1.42 bits per heavy atom. The van der Waals surface area contributed by atoms with Crippen molar-refractivity contribution in [1.82, 2.24) is 5.32 Å². The van der Waals surface area contributed by atoms with Crippen LogP contribution in [0.5, 0.6) is 0 Å². The van der Waals surface area contributed by atoms with Crippen LogP contribution in [-0.4, -0.2) is 32.3 Å². The number of hydrogen-bond acceptors (Lipinski definition) is 5. The third kappa shape index (κ3) is 6.25. The summed E-state index contributed by atoms with van der Waals surface area (Å²) in [5.74, 6) is 0.440. The first-order chi connectivity index (χ1) is 9.27. The van der Waals surface area contributed by atoms with Crippen LogP contribution in [0.25, 0.3) is 0 Å². The van der Waals surface area contributed by atoms with Crippen LogP contribution in [0.2, 0.25) is 0 Å². The van der Waals surface area contributed by atoms with E-state index in [-0.39, 0.29) is 12.2 Å². The molecule has 0 aromatic carbocycles. The van der Waals surface area contributed by atoms with Crippen molar-refractivity contribution >= 4 is 5.97 Å². The fourth-order valence-corrected chi connectivity index (χ4v) is 1.35. The Bertz CT molecular complexity index is 341. The van der Waals surface area contributed by atoms with Gasteiger partial charge in [-0.25, -0.2) is 4.79 Å². The summed E-state index contributed by atoms with van der Waals surface area (Å²) in [7, 11) is 0. The van der Waals surface area contributed by atoms with Crippen LogP contribution >= 0.6 is 0 Å². The lowest BCUT2D eigenvalue weighted by molar-refractivity contribution is -0.140. The second kappa shape index (κ2) is 9.40. The van der Waals surface area contributed by atoms with E-state index in [9.17, 15) is 4.79 Å². The first-order valence-corrected chi connectivity index (χ1v) is 6.07. The van der Waals surface area contributed by atoms with Gasteiger partial charge in [0.05, 0.1) is 6.61 Å². The monoisotopic (exact) mass is 261 g/mol. The van der Waals surface area contributed by atoms with Crippen molar-refractivity contribution in [3.8, 4) is 6.07 Å². The number of hydrogen-bond donors (Lipinski definition) is 1. The highest BCUT2D eigenvalue weighted by Crippen LogP contribution is 2.21. The largest absolute Gasteiger partial charge is 0.459 e. The van der Waals surface area contributed by atoms with Crippen LogP contribution in [0, 0.1) is 42.9 Å². The van der Waals surface area contributed by atoms with Crippen molar-refractivity contribution < 1.29 is 14.3 Å². The van der Waals surface area contributed by atoms with Gasteiger partial charge in [-0.2, -0.15) is 5.26 Å². The third-order valence-electron chi connectivity index (χ3n) is 2.29. The van der Waals surface area contributed by atoms with Gasteiger partial charge in [-0.15, -0.1) is 0 Å². The van der Waals surface area contributed by atoms with Gasteiger partial charge in [0.25, 0.3) is 0 Å². The number of nitrogens with zero attached hydrogens (tertiary/aromatic N) is 1. The minimum absolute atomic E-state index is 0.0527. The Labute approximate surface area is 114 Å². The molecule has 0 heterocycles. The predicted molar refractivity (Wildman–Crippen MR) is 69.6 cm³/mol. The molecule has 101 valence electrons. The number of rotatable bonds is 8. The molecule has 1 aliphatic rings. The summed E-state index contributed by atoms with van der Waals surface area (Å²) in [6, 6.07) is 1.81. The van der Waals surface area contributed by atoms with E-state index in [1.54, 1.807) is 6.07 Å². The quantitative estimate of drug-likeness (QED) is 0.305. The minimum Gasteiger partial charge on any atom is -0.459 e. The molecule has 0 aromatic rings. The van der Waals surface area contributed by atoms with E-state index in [1.807, 2.05) is 32.6 Å². The molecule has 0 aromatic heterocycles. The van der Waals surface area contributed by atoms with Gasteiger partial charge in [-0.05, 0) is 32.6 Å². The highest BCUT2D eigenvalue weighted by Gasteiger charge is 2.16. The molecule has 1 aliphatic carbocycles. The first-order valence-electron chi connectivity index (χ1n) is 6.07. The molecule has 0 spiro atoms. The van der Waals surface area contributed by atoms with Crippen LogP contribution in [0.15, 0.2) is 11.8 Å². The summed E-state index contributed by atoms with van der Waals surface area (Å²) >= 11 is 0. The van der Waals surface area contributed by atoms with Gasteiger partial charge in [0, 0.05) is 25.3 Å². The van der Waals surface area contributed by atoms with Gasteiger partial charge in [0.1, 0.15) is 12.7 Å². The number of esters is 1. The maximum atomic E-state index is 11.5. The molecule has 1 fully saturated rings. The Morgan fingerprint density at radius 2 is 2.16 bits per heavy atom. The maximum Gasteiger partial charge on any atom is 0.350 e. The third-order valence-corrected chi connectivity index (χ3v) is 2.29. The molecule has 1 N–H and O–H groups in total. The van der Waals surface area contributed by atoms with E-state index in [1.165, 1.54) is 6.20 Å². The second-order valence-corrected chi connectivity index (χ2v) is 3.68. The van der Waals surface area contributed by atoms with E-state index in [0.29, 0.717) is 19.8 Å². The molecule has 5 radical (unpaired) electrons. The number of carbonyl (C=O) groups is 1. The molecular weight excluding hydrogens is 244 g/mol. The Kier molecular flexibility index (Phi) is 7.68. The van der Waals surface area contributed by atoms with Gasteiger partial charge in [-0.1, -0.05) is 0 Å². The Morgan fingerprint density at radius 3 is 2.79 bits per heavy atom. The van der Waals surface area contributed by atoms with Crippen LogP contribution in [0.4, 0.5) is 0 Å². The zero-order valence-corrected chi connectivity index (χ0v) is 10.9. The lowest BCUT2D eigenvalue weighted by Crippen LogP contribution is -2.18. The standard InChI is InChI=1S/C14H17N2O3/c1-2-18-7-8-19-14(17)13(9-15)11-16-10-12-5-3-4-6-12/h3-6,11,16H,2,7-8,10H2,1H3/b13-11-. The van der Waals surface area contributed by atoms with Crippen molar-refractivity contribution in [2.24, 2.45) is 0 Å². The maximum absolute atomic E-state index is 11.5. The van der Waals surface area contributed by atoms with E-state index in [2.05, 4.69) is 5.32 Å². The van der Waals surface area contributed by atoms with Crippen molar-refractivity contribution in [2.75, 3.05) is 26.4 Å². The molecule has 0 amide bonds. The molecular formula is C14H17N2O3. The average molecular weight is 261 g/mol. The molecule has 0 saturated heterocycles. The van der Waals surface area contributed by atoms with E-state index >= 15 is 0 Å². The molecule has 5 nitrogen and oxygen atoms in total. The summed E-state index contributed by atoms with van der Waals surface area (Å²) in [6.45, 7) is 3.47. The highest BCUT2D eigenvalue weighted by molar-refractivity contribution is 5.92. The summed E-state index contributed by atoms with van der Waals surface area (Å²) in [5, 5.41) is 11.8. The summed E-state index contributed by atoms with van der Waals surface area (Å²) < 4.78 is 9.92. The lowest BCUT2D eigenvalue weighted by atomic mass is 10.1. The number of carbonyl (C=O) groups excluding carboxylic acids is 1. The molecule has 19 heavy (non-hydrogen) atoms. The van der Waals surface area contributed by atoms with E-state index < -0.39 is 5.97 Å². The molecule has 0 unspecified atom stereocenters. The van der Waals surface area contributed by atoms with Crippen LogP contribution in [0.1, 0.15) is 6.92 Å². The molecule has 0 bridgehead atoms. The topological polar surface area (TPSA) is 71.3 Å². The van der Waals surface area contributed by atoms with Crippen LogP contribution < -0.4 is 5.32 Å². The van der Waals surface area contributed by atoms with Crippen molar-refractivity contribution in [3.05, 3.63) is 43.4 Å². The van der Waals surface area contributed by atoms with Gasteiger partial charge in [0.15, 0.2) is 5.57 Å². The van der Waals surface area contributed by atoms with E-state index in [4.69, 9.17) is 14.7 Å². The van der Waals surface area contributed by atoms with Crippen LogP contribution in [0.3, 0.4) is 0 Å². The molecule has 0 aliphatic heterocycles. The number of ether oxygens (including phenoxy) is 2. The predicted octanol–water partition coefficient (Wildman–Crippen LogP) is 0.968. The fourth-order valence-electron chi connectivity index (χ4n) is 1.35. The molecule has 5 heteroatoms. The molecule has 1 saturated carbocycles. The lowest BCUT2D eigenvalue weighted by Gasteiger charge is -2.08. The van der Waals surface area contributed by atoms with E-state index in [0.717, 1.165) is 5.92 Å². The van der Waals surface area contributed by atoms with Crippen LogP contribution in [-0.2, 0) is 14.3 Å². The fraction of sp³-hybridized carbons (Fsp3) is 0.357. The van der Waals surface area contributed by atoms with Crippen molar-refractivity contribution in [2.45, 2.75) is 6.92 Å². The average Bonchev–Trinajstić information content (AvgIpc) is 2.92. The highest BCUT2D eigenvalue weighted by atomic mass is 16.6. The minimum atomic E-state index is -0.641. The van der Waals surface area contributed by atoms with Crippen molar-refractivity contribution in [3.63, 3.8) is 0 Å².